The number of aromatic amines is 2. The Labute approximate surface area is 288 Å². The molecule has 5 aliphatic rings. The molecule has 2 aromatic heterocycles. The highest BCUT2D eigenvalue weighted by Gasteiger charge is 2.43. The van der Waals surface area contributed by atoms with Crippen molar-refractivity contribution in [3.63, 3.8) is 0 Å². The summed E-state index contributed by atoms with van der Waals surface area (Å²) in [4.78, 5) is 30.5. The van der Waals surface area contributed by atoms with E-state index in [1.54, 1.807) is 12.4 Å². The predicted octanol–water partition coefficient (Wildman–Crippen LogP) is 5.91. The van der Waals surface area contributed by atoms with E-state index in [1.807, 2.05) is 26.0 Å². The smallest absolute Gasteiger partial charge is 0.240 e. The first-order valence-electron chi connectivity index (χ1n) is 17.7. The number of rotatable bonds is 7. The van der Waals surface area contributed by atoms with Gasteiger partial charge >= 0.3 is 0 Å². The van der Waals surface area contributed by atoms with E-state index in [-0.39, 0.29) is 36.9 Å². The second-order valence-electron chi connectivity index (χ2n) is 14.7. The highest BCUT2D eigenvalue weighted by Crippen LogP contribution is 2.52. The van der Waals surface area contributed by atoms with E-state index >= 15 is 0 Å². The number of alkyl halides is 2. The highest BCUT2D eigenvalue weighted by atomic mass is 19.1. The molecule has 5 N–H and O–H groups in total. The zero-order valence-electron chi connectivity index (χ0n) is 28.1. The molecular formula is C38H41F2N7O3. The lowest BCUT2D eigenvalue weighted by Gasteiger charge is -2.35. The molecule has 3 fully saturated rings. The van der Waals surface area contributed by atoms with Crippen LogP contribution in [0, 0.1) is 11.8 Å². The average Bonchev–Trinajstić information content (AvgIpc) is 3.49. The standard InChI is InChI=1S/C38H41F2N7O3/c1-18(2)34(41)38(48)47-16-23(40)12-30(47)37-44-15-29(46-37)20-6-8-25-31(9-20)49-17-26-24-7-5-21(10-32(24)50-35(33(25)26)19-3-4-19)28-14-43-36(45-28)27-11-22(39)13-42-27/h5-10,14-15,18-19,22-23,27,30,34-35,42H,3-4,11-13,16-17,41H2,1-2H3,(H,43,45)(H,44,46)/t22-,23-,27+,30+,34+,35?/m1/s1. The molecule has 0 bridgehead atoms. The average molecular weight is 682 g/mol. The molecule has 1 amide bonds. The molecule has 12 heteroatoms. The van der Waals surface area contributed by atoms with Gasteiger partial charge in [0.2, 0.25) is 5.91 Å². The number of likely N-dealkylation sites (tertiary alicyclic amines) is 1. The van der Waals surface area contributed by atoms with Crippen LogP contribution in [0.25, 0.3) is 33.7 Å². The topological polar surface area (TPSA) is 134 Å². The number of amides is 1. The normalized spacial score (nSPS) is 26.4. The number of halogens is 2. The van der Waals surface area contributed by atoms with Crippen molar-refractivity contribution in [2.45, 2.75) is 76.1 Å². The lowest BCUT2D eigenvalue weighted by molar-refractivity contribution is -0.134. The van der Waals surface area contributed by atoms with Gasteiger partial charge in [-0.15, -0.1) is 0 Å². The summed E-state index contributed by atoms with van der Waals surface area (Å²) in [5.41, 5.74) is 14.0. The van der Waals surface area contributed by atoms with Crippen LogP contribution in [0.4, 0.5) is 8.78 Å². The number of carbonyl (C=O) groups excluding carboxylic acids is 1. The number of fused-ring (bicyclic) bond motifs is 4. The van der Waals surface area contributed by atoms with Crippen molar-refractivity contribution in [1.82, 2.24) is 30.2 Å². The molecule has 6 atom stereocenters. The van der Waals surface area contributed by atoms with Crippen molar-refractivity contribution in [2.75, 3.05) is 19.7 Å². The second kappa shape index (κ2) is 12.1. The van der Waals surface area contributed by atoms with Crippen LogP contribution in [0.3, 0.4) is 0 Å². The Morgan fingerprint density at radius 1 is 0.940 bits per heavy atom. The molecule has 6 heterocycles. The Kier molecular flexibility index (Phi) is 7.58. The number of imidazole rings is 2. The summed E-state index contributed by atoms with van der Waals surface area (Å²) >= 11 is 0. The van der Waals surface area contributed by atoms with Crippen LogP contribution in [-0.2, 0) is 4.79 Å². The molecular weight excluding hydrogens is 640 g/mol. The molecule has 4 aliphatic heterocycles. The molecule has 1 aliphatic carbocycles. The van der Waals surface area contributed by atoms with Gasteiger partial charge in [-0.1, -0.05) is 38.1 Å². The Hall–Kier alpha value is -4.55. The molecule has 260 valence electrons. The van der Waals surface area contributed by atoms with Gasteiger partial charge in [-0.3, -0.25) is 4.79 Å². The van der Waals surface area contributed by atoms with Crippen LogP contribution in [0.15, 0.2) is 48.8 Å². The largest absolute Gasteiger partial charge is 0.488 e. The Morgan fingerprint density at radius 3 is 2.34 bits per heavy atom. The molecule has 0 spiro atoms. The summed E-state index contributed by atoms with van der Waals surface area (Å²) in [7, 11) is 0. The van der Waals surface area contributed by atoms with Crippen LogP contribution in [0.1, 0.15) is 74.4 Å². The Bertz CT molecular complexity index is 2000. The third-order valence-electron chi connectivity index (χ3n) is 10.9. The predicted molar refractivity (Wildman–Crippen MR) is 185 cm³/mol. The van der Waals surface area contributed by atoms with Crippen molar-refractivity contribution < 1.29 is 23.0 Å². The SMILES string of the molecule is CC(C)[C@H](N)C(=O)N1C[C@H](F)C[C@H]1c1ncc(-c2ccc3c(c2)OCC2=C3C(C3CC3)Oc3cc(-c4cnc([C@@H]5C[C@@H](F)CN5)[nH]4)ccc32)[nH]1. The number of nitrogens with one attached hydrogen (secondary N) is 3. The molecule has 0 radical (unpaired) electrons. The lowest BCUT2D eigenvalue weighted by Crippen LogP contribution is -2.46. The van der Waals surface area contributed by atoms with E-state index in [1.165, 1.54) is 10.5 Å². The van der Waals surface area contributed by atoms with Crippen molar-refractivity contribution in [2.24, 2.45) is 17.6 Å². The first-order valence-corrected chi connectivity index (χ1v) is 17.7. The first-order chi connectivity index (χ1) is 24.2. The summed E-state index contributed by atoms with van der Waals surface area (Å²) in [5, 5.41) is 3.19. The maximum atomic E-state index is 14.6. The molecule has 4 aromatic rings. The molecule has 2 aromatic carbocycles. The number of H-pyrrole nitrogens is 2. The summed E-state index contributed by atoms with van der Waals surface area (Å²) in [6, 6.07) is 11.1. The number of hydrogen-bond acceptors (Lipinski definition) is 7. The van der Waals surface area contributed by atoms with Gasteiger partial charge in [0.25, 0.3) is 0 Å². The van der Waals surface area contributed by atoms with E-state index in [9.17, 15) is 13.6 Å². The third-order valence-corrected chi connectivity index (χ3v) is 10.9. The van der Waals surface area contributed by atoms with Crippen LogP contribution in [0.2, 0.25) is 0 Å². The van der Waals surface area contributed by atoms with Gasteiger partial charge in [0.1, 0.15) is 48.2 Å². The van der Waals surface area contributed by atoms with E-state index in [4.69, 9.17) is 15.2 Å². The monoisotopic (exact) mass is 681 g/mol. The number of hydrogen-bond donors (Lipinski definition) is 4. The quantitative estimate of drug-likeness (QED) is 0.191. The van der Waals surface area contributed by atoms with Crippen LogP contribution in [0.5, 0.6) is 11.5 Å². The maximum absolute atomic E-state index is 14.6. The van der Waals surface area contributed by atoms with Crippen LogP contribution < -0.4 is 20.5 Å². The number of nitrogens with two attached hydrogens (primary N) is 1. The minimum absolute atomic E-state index is 0.0168. The minimum atomic E-state index is -1.13. The third kappa shape index (κ3) is 5.40. The zero-order chi connectivity index (χ0) is 34.3. The molecule has 9 rings (SSSR count). The van der Waals surface area contributed by atoms with Gasteiger partial charge in [-0.2, -0.15) is 0 Å². The zero-order valence-corrected chi connectivity index (χ0v) is 28.1. The van der Waals surface area contributed by atoms with Crippen molar-refractivity contribution in [3.8, 4) is 34.0 Å². The van der Waals surface area contributed by atoms with Gasteiger partial charge in [0.05, 0.1) is 48.5 Å². The molecule has 1 unspecified atom stereocenters. The molecule has 50 heavy (non-hydrogen) atoms. The van der Waals surface area contributed by atoms with E-state index in [2.05, 4.69) is 49.5 Å². The van der Waals surface area contributed by atoms with Gasteiger partial charge in [-0.05, 0) is 30.9 Å². The van der Waals surface area contributed by atoms with E-state index < -0.39 is 24.4 Å². The Morgan fingerprint density at radius 2 is 1.64 bits per heavy atom. The summed E-state index contributed by atoms with van der Waals surface area (Å²) < 4.78 is 41.7. The molecule has 1 saturated carbocycles. The van der Waals surface area contributed by atoms with Gasteiger partial charge < -0.3 is 35.4 Å². The fourth-order valence-corrected chi connectivity index (χ4v) is 7.91. The summed E-state index contributed by atoms with van der Waals surface area (Å²) in [6.07, 6.45) is 4.29. The van der Waals surface area contributed by atoms with Gasteiger partial charge in [0.15, 0.2) is 0 Å². The number of aromatic nitrogens is 4. The number of ether oxygens (including phenoxy) is 2. The van der Waals surface area contributed by atoms with Gasteiger partial charge in [-0.25, -0.2) is 18.7 Å². The maximum Gasteiger partial charge on any atom is 0.240 e. The highest BCUT2D eigenvalue weighted by molar-refractivity contribution is 6.00. The second-order valence-corrected chi connectivity index (χ2v) is 14.7. The van der Waals surface area contributed by atoms with Crippen molar-refractivity contribution in [1.29, 1.82) is 0 Å². The lowest BCUT2D eigenvalue weighted by atomic mass is 9.84. The molecule has 2 saturated heterocycles. The van der Waals surface area contributed by atoms with Crippen LogP contribution >= 0.6 is 0 Å². The fourth-order valence-electron chi connectivity index (χ4n) is 7.91. The number of nitrogens with zero attached hydrogens (tertiary/aromatic N) is 3. The van der Waals surface area contributed by atoms with E-state index in [0.717, 1.165) is 69.4 Å². The summed E-state index contributed by atoms with van der Waals surface area (Å²) in [6.45, 7) is 4.56. The minimum Gasteiger partial charge on any atom is -0.488 e. The van der Waals surface area contributed by atoms with Gasteiger partial charge in [0, 0.05) is 58.7 Å². The van der Waals surface area contributed by atoms with E-state index in [0.29, 0.717) is 31.3 Å². The number of benzene rings is 2. The van der Waals surface area contributed by atoms with Crippen molar-refractivity contribution in [3.05, 3.63) is 71.6 Å². The number of carbonyl (C=O) groups is 1. The van der Waals surface area contributed by atoms with Crippen LogP contribution in [-0.4, -0.2) is 74.9 Å². The first kappa shape index (κ1) is 31.4. The molecule has 10 nitrogen and oxygen atoms in total. The Balaban J connectivity index is 0.999. The fraction of sp³-hybridized carbons (Fsp3) is 0.447. The summed E-state index contributed by atoms with van der Waals surface area (Å²) in [5.74, 6) is 3.03. The van der Waals surface area contributed by atoms with Crippen molar-refractivity contribution >= 4 is 17.1 Å².